The summed E-state index contributed by atoms with van der Waals surface area (Å²) in [7, 11) is 0. The maximum Gasteiger partial charge on any atom is 0.160 e. The van der Waals surface area contributed by atoms with E-state index in [4.69, 9.17) is 10.5 Å². The van der Waals surface area contributed by atoms with Crippen LogP contribution in [-0.2, 0) is 16.8 Å². The van der Waals surface area contributed by atoms with Gasteiger partial charge in [-0.1, -0.05) is 0 Å². The Balaban J connectivity index is 2.32. The minimum atomic E-state index is -0.296. The SMILES string of the molecule is Cc1cc(CCN)nc(C2(C)CCCO2)n1. The van der Waals surface area contributed by atoms with Crippen molar-refractivity contribution in [3.05, 3.63) is 23.3 Å². The van der Waals surface area contributed by atoms with Gasteiger partial charge in [0.2, 0.25) is 0 Å². The maximum absolute atomic E-state index is 5.76. The summed E-state index contributed by atoms with van der Waals surface area (Å²) in [5, 5.41) is 0. The van der Waals surface area contributed by atoms with Crippen molar-refractivity contribution in [2.45, 2.75) is 38.7 Å². The van der Waals surface area contributed by atoms with Crippen LogP contribution in [0.25, 0.3) is 0 Å². The molecular formula is C12H19N3O. The van der Waals surface area contributed by atoms with Gasteiger partial charge in [0.15, 0.2) is 5.82 Å². The molecule has 1 aromatic rings. The van der Waals surface area contributed by atoms with Gasteiger partial charge in [0.05, 0.1) is 0 Å². The topological polar surface area (TPSA) is 61.0 Å². The zero-order valence-corrected chi connectivity index (χ0v) is 9.99. The number of rotatable bonds is 3. The van der Waals surface area contributed by atoms with Gasteiger partial charge in [-0.25, -0.2) is 9.97 Å². The number of nitrogens with two attached hydrogens (primary N) is 1. The molecule has 2 rings (SSSR count). The Kier molecular flexibility index (Phi) is 3.21. The van der Waals surface area contributed by atoms with Gasteiger partial charge >= 0.3 is 0 Å². The second-order valence-corrected chi connectivity index (χ2v) is 4.55. The Morgan fingerprint density at radius 3 is 2.94 bits per heavy atom. The van der Waals surface area contributed by atoms with E-state index in [1.807, 2.05) is 13.0 Å². The molecule has 88 valence electrons. The zero-order valence-electron chi connectivity index (χ0n) is 9.99. The fourth-order valence-corrected chi connectivity index (χ4v) is 2.10. The van der Waals surface area contributed by atoms with Gasteiger partial charge in [0.1, 0.15) is 5.60 Å². The van der Waals surface area contributed by atoms with Crippen molar-refractivity contribution in [3.63, 3.8) is 0 Å². The van der Waals surface area contributed by atoms with E-state index in [9.17, 15) is 0 Å². The molecule has 4 heteroatoms. The third kappa shape index (κ3) is 2.23. The van der Waals surface area contributed by atoms with Crippen molar-refractivity contribution in [2.24, 2.45) is 5.73 Å². The fraction of sp³-hybridized carbons (Fsp3) is 0.667. The summed E-state index contributed by atoms with van der Waals surface area (Å²) in [6, 6.07) is 1.99. The molecule has 1 aliphatic heterocycles. The third-order valence-electron chi connectivity index (χ3n) is 3.00. The summed E-state index contributed by atoms with van der Waals surface area (Å²) in [6.45, 7) is 5.48. The van der Waals surface area contributed by atoms with E-state index < -0.39 is 0 Å². The molecule has 0 amide bonds. The van der Waals surface area contributed by atoms with Crippen molar-refractivity contribution >= 4 is 0 Å². The summed E-state index contributed by atoms with van der Waals surface area (Å²) < 4.78 is 5.76. The van der Waals surface area contributed by atoms with Crippen LogP contribution in [0.3, 0.4) is 0 Å². The van der Waals surface area contributed by atoms with Crippen LogP contribution in [0.4, 0.5) is 0 Å². The Morgan fingerprint density at radius 1 is 1.50 bits per heavy atom. The lowest BCUT2D eigenvalue weighted by atomic mass is 10.0. The largest absolute Gasteiger partial charge is 0.367 e. The van der Waals surface area contributed by atoms with Gasteiger partial charge in [0.25, 0.3) is 0 Å². The number of hydrogen-bond acceptors (Lipinski definition) is 4. The summed E-state index contributed by atoms with van der Waals surface area (Å²) in [5.74, 6) is 0.813. The van der Waals surface area contributed by atoms with Crippen LogP contribution in [0, 0.1) is 6.92 Å². The number of ether oxygens (including phenoxy) is 1. The number of aromatic nitrogens is 2. The quantitative estimate of drug-likeness (QED) is 0.836. The molecule has 2 N–H and O–H groups in total. The van der Waals surface area contributed by atoms with E-state index in [1.54, 1.807) is 0 Å². The second-order valence-electron chi connectivity index (χ2n) is 4.55. The zero-order chi connectivity index (χ0) is 11.6. The molecule has 0 aliphatic carbocycles. The van der Waals surface area contributed by atoms with Crippen LogP contribution >= 0.6 is 0 Å². The van der Waals surface area contributed by atoms with Crippen molar-refractivity contribution in [1.29, 1.82) is 0 Å². The molecule has 0 radical (unpaired) electrons. The van der Waals surface area contributed by atoms with Gasteiger partial charge < -0.3 is 10.5 Å². The molecule has 0 aromatic carbocycles. The van der Waals surface area contributed by atoms with Gasteiger partial charge in [0, 0.05) is 24.4 Å². The van der Waals surface area contributed by atoms with Gasteiger partial charge in [-0.3, -0.25) is 0 Å². The molecule has 0 spiro atoms. The predicted octanol–water partition coefficient (Wildman–Crippen LogP) is 1.31. The number of nitrogens with zero attached hydrogens (tertiary/aromatic N) is 2. The van der Waals surface area contributed by atoms with Crippen LogP contribution in [0.15, 0.2) is 6.07 Å². The highest BCUT2D eigenvalue weighted by molar-refractivity contribution is 5.14. The molecule has 4 nitrogen and oxygen atoms in total. The van der Waals surface area contributed by atoms with Crippen LogP contribution in [0.1, 0.15) is 37.0 Å². The Hall–Kier alpha value is -1.00. The summed E-state index contributed by atoms with van der Waals surface area (Å²) in [5.41, 5.74) is 7.27. The molecule has 0 bridgehead atoms. The lowest BCUT2D eigenvalue weighted by Gasteiger charge is -2.22. The summed E-state index contributed by atoms with van der Waals surface area (Å²) >= 11 is 0. The Morgan fingerprint density at radius 2 is 2.31 bits per heavy atom. The minimum absolute atomic E-state index is 0.296. The first-order valence-corrected chi connectivity index (χ1v) is 5.83. The standard InChI is InChI=1S/C12H19N3O/c1-9-8-10(4-6-13)15-11(14-9)12(2)5-3-7-16-12/h8H,3-7,13H2,1-2H3. The molecule has 1 saturated heterocycles. The van der Waals surface area contributed by atoms with Crippen molar-refractivity contribution in [2.75, 3.05) is 13.2 Å². The van der Waals surface area contributed by atoms with Crippen LogP contribution in [-0.4, -0.2) is 23.1 Å². The molecule has 1 atom stereocenters. The molecule has 2 heterocycles. The minimum Gasteiger partial charge on any atom is -0.367 e. The Labute approximate surface area is 96.2 Å². The molecule has 16 heavy (non-hydrogen) atoms. The number of hydrogen-bond donors (Lipinski definition) is 1. The molecule has 1 aromatic heterocycles. The first-order valence-electron chi connectivity index (χ1n) is 5.83. The summed E-state index contributed by atoms with van der Waals surface area (Å²) in [4.78, 5) is 9.05. The monoisotopic (exact) mass is 221 g/mol. The molecule has 0 saturated carbocycles. The normalized spacial score (nSPS) is 24.9. The van der Waals surface area contributed by atoms with Crippen LogP contribution < -0.4 is 5.73 Å². The average molecular weight is 221 g/mol. The molecular weight excluding hydrogens is 202 g/mol. The van der Waals surface area contributed by atoms with E-state index in [0.717, 1.165) is 43.1 Å². The highest BCUT2D eigenvalue weighted by Crippen LogP contribution is 2.33. The third-order valence-corrected chi connectivity index (χ3v) is 3.00. The number of aryl methyl sites for hydroxylation is 1. The van der Waals surface area contributed by atoms with E-state index in [-0.39, 0.29) is 5.60 Å². The fourth-order valence-electron chi connectivity index (χ4n) is 2.10. The smallest absolute Gasteiger partial charge is 0.160 e. The maximum atomic E-state index is 5.76. The second kappa shape index (κ2) is 4.47. The molecule has 1 unspecified atom stereocenters. The van der Waals surface area contributed by atoms with Crippen molar-refractivity contribution in [3.8, 4) is 0 Å². The lowest BCUT2D eigenvalue weighted by molar-refractivity contribution is 0.00902. The predicted molar refractivity (Wildman–Crippen MR) is 62.1 cm³/mol. The van der Waals surface area contributed by atoms with Gasteiger partial charge in [-0.15, -0.1) is 0 Å². The van der Waals surface area contributed by atoms with E-state index in [0.29, 0.717) is 6.54 Å². The van der Waals surface area contributed by atoms with Crippen LogP contribution in [0.5, 0.6) is 0 Å². The highest BCUT2D eigenvalue weighted by atomic mass is 16.5. The first-order chi connectivity index (χ1) is 7.64. The van der Waals surface area contributed by atoms with E-state index in [1.165, 1.54) is 0 Å². The van der Waals surface area contributed by atoms with Gasteiger partial charge in [-0.2, -0.15) is 0 Å². The first kappa shape index (κ1) is 11.5. The van der Waals surface area contributed by atoms with Crippen LogP contribution in [0.2, 0.25) is 0 Å². The van der Waals surface area contributed by atoms with Crippen molar-refractivity contribution < 1.29 is 4.74 Å². The summed E-state index contributed by atoms with van der Waals surface area (Å²) in [6.07, 6.45) is 2.88. The van der Waals surface area contributed by atoms with E-state index >= 15 is 0 Å². The van der Waals surface area contributed by atoms with E-state index in [2.05, 4.69) is 16.9 Å². The van der Waals surface area contributed by atoms with Gasteiger partial charge in [-0.05, 0) is 39.3 Å². The molecule has 1 fully saturated rings. The lowest BCUT2D eigenvalue weighted by Crippen LogP contribution is -2.24. The average Bonchev–Trinajstić information content (AvgIpc) is 2.66. The highest BCUT2D eigenvalue weighted by Gasteiger charge is 2.34. The Bertz CT molecular complexity index is 373. The van der Waals surface area contributed by atoms with Crippen molar-refractivity contribution in [1.82, 2.24) is 9.97 Å². The molecule has 1 aliphatic rings.